The fourth-order valence-corrected chi connectivity index (χ4v) is 3.49. The van der Waals surface area contributed by atoms with Crippen LogP contribution in [0.3, 0.4) is 0 Å². The Morgan fingerprint density at radius 2 is 1.95 bits per heavy atom. The van der Waals surface area contributed by atoms with Crippen LogP contribution in [0.5, 0.6) is 0 Å². The van der Waals surface area contributed by atoms with Gasteiger partial charge in [-0.15, -0.1) is 0 Å². The Balaban J connectivity index is 2.22. The summed E-state index contributed by atoms with van der Waals surface area (Å²) >= 11 is 0. The molecule has 0 radical (unpaired) electrons. The molecule has 0 unspecified atom stereocenters. The first-order chi connectivity index (χ1) is 9.40. The summed E-state index contributed by atoms with van der Waals surface area (Å²) in [4.78, 5) is 11.0. The number of aliphatic hydroxyl groups excluding tert-OH is 1. The van der Waals surface area contributed by atoms with Crippen LogP contribution in [0.2, 0.25) is 0 Å². The van der Waals surface area contributed by atoms with E-state index in [1.54, 1.807) is 24.3 Å². The summed E-state index contributed by atoms with van der Waals surface area (Å²) in [5, 5.41) is 19.5. The number of aliphatic hydroxyl groups is 1. The van der Waals surface area contributed by atoms with Gasteiger partial charge in [-0.3, -0.25) is 4.79 Å². The zero-order valence-corrected chi connectivity index (χ0v) is 11.4. The first-order valence-corrected chi connectivity index (χ1v) is 7.56. The van der Waals surface area contributed by atoms with E-state index in [-0.39, 0.29) is 13.0 Å². The highest BCUT2D eigenvalue weighted by atomic mass is 32.2. The fraction of sp³-hybridized carbons (Fsp3) is 0.308. The maximum Gasteiger partial charge on any atom is 0.322 e. The van der Waals surface area contributed by atoms with Crippen LogP contribution in [-0.2, 0) is 14.8 Å². The predicted molar refractivity (Wildman–Crippen MR) is 73.1 cm³/mol. The second-order valence-corrected chi connectivity index (χ2v) is 6.34. The number of aliphatic carboxylic acids is 1. The second-order valence-electron chi connectivity index (χ2n) is 4.57. The third kappa shape index (κ3) is 3.24. The van der Waals surface area contributed by atoms with Crippen LogP contribution in [0.25, 0.3) is 6.08 Å². The van der Waals surface area contributed by atoms with Crippen molar-refractivity contribution in [3.63, 3.8) is 0 Å². The van der Waals surface area contributed by atoms with Gasteiger partial charge in [0.05, 0.1) is 6.10 Å². The summed E-state index contributed by atoms with van der Waals surface area (Å²) in [6.45, 7) is -0.196. The van der Waals surface area contributed by atoms with Gasteiger partial charge in [0.1, 0.15) is 6.04 Å². The van der Waals surface area contributed by atoms with E-state index in [0.717, 1.165) is 9.71 Å². The minimum absolute atomic E-state index is 0.0895. The van der Waals surface area contributed by atoms with E-state index in [1.165, 1.54) is 6.08 Å². The van der Waals surface area contributed by atoms with Crippen molar-refractivity contribution in [1.29, 1.82) is 0 Å². The summed E-state index contributed by atoms with van der Waals surface area (Å²) in [7, 11) is -3.87. The van der Waals surface area contributed by atoms with Gasteiger partial charge < -0.3 is 10.2 Å². The van der Waals surface area contributed by atoms with Crippen molar-refractivity contribution in [2.24, 2.45) is 0 Å². The van der Waals surface area contributed by atoms with Gasteiger partial charge in [-0.05, 0) is 11.6 Å². The topological polar surface area (TPSA) is 94.9 Å². The quantitative estimate of drug-likeness (QED) is 0.844. The Labute approximate surface area is 117 Å². The summed E-state index contributed by atoms with van der Waals surface area (Å²) in [6.07, 6.45) is 0.364. The minimum Gasteiger partial charge on any atom is -0.480 e. The molecule has 0 saturated carbocycles. The maximum atomic E-state index is 12.1. The maximum absolute atomic E-state index is 12.1. The van der Waals surface area contributed by atoms with E-state index >= 15 is 0 Å². The summed E-state index contributed by atoms with van der Waals surface area (Å²) in [5.41, 5.74) is 0.697. The van der Waals surface area contributed by atoms with Gasteiger partial charge >= 0.3 is 5.97 Å². The Morgan fingerprint density at radius 3 is 2.55 bits per heavy atom. The molecule has 0 bridgehead atoms. The van der Waals surface area contributed by atoms with E-state index in [9.17, 15) is 18.3 Å². The van der Waals surface area contributed by atoms with Crippen LogP contribution in [-0.4, -0.2) is 47.6 Å². The van der Waals surface area contributed by atoms with Crippen LogP contribution in [0.1, 0.15) is 12.0 Å². The number of nitrogens with zero attached hydrogens (tertiary/aromatic N) is 1. The van der Waals surface area contributed by atoms with Crippen LogP contribution >= 0.6 is 0 Å². The molecule has 1 heterocycles. The Bertz CT molecular complexity index is 611. The molecule has 0 spiro atoms. The monoisotopic (exact) mass is 297 g/mol. The van der Waals surface area contributed by atoms with Crippen LogP contribution in [0.4, 0.5) is 0 Å². The largest absolute Gasteiger partial charge is 0.480 e. The summed E-state index contributed by atoms with van der Waals surface area (Å²) < 4.78 is 25.1. The number of rotatable bonds is 4. The molecule has 1 fully saturated rings. The number of carbonyl (C=O) groups is 1. The highest BCUT2D eigenvalue weighted by Crippen LogP contribution is 2.23. The standard InChI is InChI=1S/C13H15NO5S/c15-11-8-12(13(16)17)14(9-11)20(18,19)7-6-10-4-2-1-3-5-10/h1-7,11-12,15H,8-9H2,(H,16,17)/t11-,12-/m0/s1. The Hall–Kier alpha value is -1.70. The smallest absolute Gasteiger partial charge is 0.322 e. The lowest BCUT2D eigenvalue weighted by Gasteiger charge is -2.18. The molecule has 2 N–H and O–H groups in total. The van der Waals surface area contributed by atoms with E-state index < -0.39 is 28.1 Å². The van der Waals surface area contributed by atoms with Crippen molar-refractivity contribution in [3.05, 3.63) is 41.3 Å². The van der Waals surface area contributed by atoms with Gasteiger partial charge in [-0.2, -0.15) is 4.31 Å². The molecular formula is C13H15NO5S. The van der Waals surface area contributed by atoms with Gasteiger partial charge in [0.2, 0.25) is 10.0 Å². The predicted octanol–water partition coefficient (Wildman–Crippen LogP) is 0.507. The molecule has 108 valence electrons. The number of carboxylic acids is 1. The van der Waals surface area contributed by atoms with E-state index in [1.807, 2.05) is 6.07 Å². The number of sulfonamides is 1. The average Bonchev–Trinajstić information content (AvgIpc) is 2.81. The molecule has 6 nitrogen and oxygen atoms in total. The average molecular weight is 297 g/mol. The Morgan fingerprint density at radius 1 is 1.30 bits per heavy atom. The van der Waals surface area contributed by atoms with Crippen molar-refractivity contribution in [3.8, 4) is 0 Å². The molecule has 20 heavy (non-hydrogen) atoms. The fourth-order valence-electron chi connectivity index (χ4n) is 2.10. The van der Waals surface area contributed by atoms with Crippen molar-refractivity contribution >= 4 is 22.1 Å². The summed E-state index contributed by atoms with van der Waals surface area (Å²) in [5.74, 6) is -1.25. The molecule has 2 rings (SSSR count). The number of carboxylic acid groups (broad SMARTS) is 1. The lowest BCUT2D eigenvalue weighted by Crippen LogP contribution is -2.39. The van der Waals surface area contributed by atoms with Crippen molar-refractivity contribution in [2.75, 3.05) is 6.54 Å². The minimum atomic E-state index is -3.87. The molecule has 1 aromatic rings. The van der Waals surface area contributed by atoms with E-state index in [2.05, 4.69) is 0 Å². The molecule has 0 amide bonds. The Kier molecular flexibility index (Phi) is 4.22. The number of β-amino-alcohol motifs (C(OH)–C–C–N with tert-alkyl or cyclic N) is 1. The van der Waals surface area contributed by atoms with Gasteiger partial charge in [0.25, 0.3) is 0 Å². The van der Waals surface area contributed by atoms with Crippen molar-refractivity contribution < 1.29 is 23.4 Å². The molecule has 7 heteroatoms. The van der Waals surface area contributed by atoms with Crippen LogP contribution in [0.15, 0.2) is 35.7 Å². The molecule has 0 aliphatic carbocycles. The van der Waals surface area contributed by atoms with Gasteiger partial charge in [-0.1, -0.05) is 30.3 Å². The molecule has 0 aromatic heterocycles. The number of hydrogen-bond acceptors (Lipinski definition) is 4. The molecule has 1 saturated heterocycles. The van der Waals surface area contributed by atoms with Gasteiger partial charge in [0, 0.05) is 18.4 Å². The lowest BCUT2D eigenvalue weighted by molar-refractivity contribution is -0.140. The van der Waals surface area contributed by atoms with Gasteiger partial charge in [-0.25, -0.2) is 8.42 Å². The first kappa shape index (κ1) is 14.7. The normalized spacial score (nSPS) is 24.2. The molecule has 1 aromatic carbocycles. The third-order valence-corrected chi connectivity index (χ3v) is 4.61. The zero-order chi connectivity index (χ0) is 14.8. The van der Waals surface area contributed by atoms with Crippen molar-refractivity contribution in [2.45, 2.75) is 18.6 Å². The zero-order valence-electron chi connectivity index (χ0n) is 10.6. The second kappa shape index (κ2) is 5.74. The van der Waals surface area contributed by atoms with Crippen molar-refractivity contribution in [1.82, 2.24) is 4.31 Å². The number of benzene rings is 1. The molecular weight excluding hydrogens is 282 g/mol. The third-order valence-electron chi connectivity index (χ3n) is 3.08. The number of hydrogen-bond donors (Lipinski definition) is 2. The van der Waals surface area contributed by atoms with E-state index in [4.69, 9.17) is 5.11 Å². The lowest BCUT2D eigenvalue weighted by atomic mass is 10.2. The molecule has 2 atom stereocenters. The highest BCUT2D eigenvalue weighted by molar-refractivity contribution is 7.92. The summed E-state index contributed by atoms with van der Waals surface area (Å²) in [6, 6.07) is 7.61. The van der Waals surface area contributed by atoms with Gasteiger partial charge in [0.15, 0.2) is 0 Å². The highest BCUT2D eigenvalue weighted by Gasteiger charge is 2.41. The van der Waals surface area contributed by atoms with Crippen LogP contribution in [0, 0.1) is 0 Å². The van der Waals surface area contributed by atoms with E-state index in [0.29, 0.717) is 5.56 Å². The SMILES string of the molecule is O=C(O)[C@@H]1C[C@H](O)CN1S(=O)(=O)C=Cc1ccccc1. The molecule has 1 aliphatic heterocycles. The molecule has 1 aliphatic rings. The van der Waals surface area contributed by atoms with Crippen LogP contribution < -0.4 is 0 Å². The first-order valence-electron chi connectivity index (χ1n) is 6.06.